The number of ether oxygens (including phenoxy) is 1. The van der Waals surface area contributed by atoms with Crippen LogP contribution in [0.1, 0.15) is 240 Å². The van der Waals surface area contributed by atoms with Gasteiger partial charge < -0.3 is 4.74 Å². The highest BCUT2D eigenvalue weighted by Crippen LogP contribution is 2.41. The molecule has 2 aromatic rings. The lowest BCUT2D eigenvalue weighted by atomic mass is 9.76. The standard InChI is InChI=1S/C54H82O/c1-3-13-43-17-25-47(26-18-43)51-33-37-53(38-34-51)49-29-21-45(22-30-49)15-9-5-7-11-41-55-42-12-8-6-10-16-46-23-31-50(32-24-46)54-39-35-52(36-40-54)48-27-19-44(14-4-2)20-28-48/h21,23,33-40,43-44,47-50H,3-20,22,24-32,41-42H2,1-2H3. The van der Waals surface area contributed by atoms with E-state index in [4.69, 9.17) is 4.74 Å². The summed E-state index contributed by atoms with van der Waals surface area (Å²) < 4.78 is 6.02. The van der Waals surface area contributed by atoms with E-state index in [0.717, 1.165) is 48.7 Å². The first kappa shape index (κ1) is 42.5. The second kappa shape index (κ2) is 24.0. The molecule has 0 N–H and O–H groups in total. The predicted molar refractivity (Wildman–Crippen MR) is 238 cm³/mol. The van der Waals surface area contributed by atoms with E-state index >= 15 is 0 Å². The zero-order valence-corrected chi connectivity index (χ0v) is 35.9. The second-order valence-corrected chi connectivity index (χ2v) is 19.0. The third-order valence-electron chi connectivity index (χ3n) is 14.9. The third-order valence-corrected chi connectivity index (χ3v) is 14.9. The molecule has 2 aromatic carbocycles. The highest BCUT2D eigenvalue weighted by molar-refractivity contribution is 5.31. The van der Waals surface area contributed by atoms with E-state index in [-0.39, 0.29) is 0 Å². The molecule has 6 rings (SSSR count). The van der Waals surface area contributed by atoms with Crippen molar-refractivity contribution in [1.82, 2.24) is 0 Å². The molecule has 0 radical (unpaired) electrons. The van der Waals surface area contributed by atoms with Crippen LogP contribution < -0.4 is 0 Å². The van der Waals surface area contributed by atoms with Gasteiger partial charge in [0.15, 0.2) is 0 Å². The number of unbranched alkanes of at least 4 members (excludes halogenated alkanes) is 6. The predicted octanol–water partition coefficient (Wildman–Crippen LogP) is 16.8. The van der Waals surface area contributed by atoms with Gasteiger partial charge in [0.1, 0.15) is 0 Å². The Morgan fingerprint density at radius 3 is 1.13 bits per heavy atom. The highest BCUT2D eigenvalue weighted by Gasteiger charge is 2.24. The number of benzene rings is 2. The maximum atomic E-state index is 6.02. The lowest BCUT2D eigenvalue weighted by Gasteiger charge is -2.29. The van der Waals surface area contributed by atoms with Crippen molar-refractivity contribution in [3.05, 3.63) is 94.1 Å². The normalized spacial score (nSPS) is 26.1. The molecule has 0 heterocycles. The van der Waals surface area contributed by atoms with Gasteiger partial charge in [0.25, 0.3) is 0 Å². The molecule has 4 aliphatic carbocycles. The summed E-state index contributed by atoms with van der Waals surface area (Å²) in [6.45, 7) is 6.60. The van der Waals surface area contributed by atoms with Crippen LogP contribution in [0.25, 0.3) is 0 Å². The zero-order chi connectivity index (χ0) is 37.9. The van der Waals surface area contributed by atoms with Crippen LogP contribution in [0.15, 0.2) is 71.8 Å². The van der Waals surface area contributed by atoms with E-state index in [1.165, 1.54) is 180 Å². The Balaban J connectivity index is 0.726. The molecule has 0 aromatic heterocycles. The minimum absolute atomic E-state index is 0.733. The van der Waals surface area contributed by atoms with Gasteiger partial charge in [-0.05, 0) is 186 Å². The highest BCUT2D eigenvalue weighted by atomic mass is 16.5. The van der Waals surface area contributed by atoms with E-state index in [9.17, 15) is 0 Å². The van der Waals surface area contributed by atoms with Crippen molar-refractivity contribution in [2.45, 2.75) is 217 Å². The van der Waals surface area contributed by atoms with Crippen molar-refractivity contribution in [2.24, 2.45) is 11.8 Å². The molecular weight excluding hydrogens is 665 g/mol. The number of allylic oxidation sites excluding steroid dienone is 4. The van der Waals surface area contributed by atoms with Gasteiger partial charge in [0.2, 0.25) is 0 Å². The van der Waals surface area contributed by atoms with E-state index in [2.05, 4.69) is 74.5 Å². The molecule has 0 spiro atoms. The molecule has 1 nitrogen and oxygen atoms in total. The Morgan fingerprint density at radius 1 is 0.418 bits per heavy atom. The average Bonchev–Trinajstić information content (AvgIpc) is 3.24. The van der Waals surface area contributed by atoms with Crippen LogP contribution in [0.4, 0.5) is 0 Å². The smallest absolute Gasteiger partial charge is 0.0466 e. The van der Waals surface area contributed by atoms with Gasteiger partial charge in [-0.2, -0.15) is 0 Å². The Hall–Kier alpha value is -2.12. The number of hydrogen-bond donors (Lipinski definition) is 0. The summed E-state index contributed by atoms with van der Waals surface area (Å²) in [5.41, 5.74) is 9.83. The molecule has 0 bridgehead atoms. The molecule has 0 aliphatic heterocycles. The monoisotopic (exact) mass is 747 g/mol. The maximum Gasteiger partial charge on any atom is 0.0466 e. The zero-order valence-electron chi connectivity index (χ0n) is 35.9. The fourth-order valence-corrected chi connectivity index (χ4v) is 11.2. The lowest BCUT2D eigenvalue weighted by molar-refractivity contribution is 0.125. The largest absolute Gasteiger partial charge is 0.381 e. The summed E-state index contributed by atoms with van der Waals surface area (Å²) in [6, 6.07) is 19.8. The van der Waals surface area contributed by atoms with E-state index < -0.39 is 0 Å². The first-order valence-electron chi connectivity index (χ1n) is 24.3. The van der Waals surface area contributed by atoms with Crippen LogP contribution in [0, 0.1) is 11.8 Å². The summed E-state index contributed by atoms with van der Waals surface area (Å²) in [4.78, 5) is 0. The molecule has 0 saturated heterocycles. The second-order valence-electron chi connectivity index (χ2n) is 19.0. The lowest BCUT2D eigenvalue weighted by Crippen LogP contribution is -2.13. The van der Waals surface area contributed by atoms with Crippen LogP contribution in [0.3, 0.4) is 0 Å². The molecule has 1 heteroatoms. The molecule has 2 atom stereocenters. The first-order chi connectivity index (χ1) is 27.2. The van der Waals surface area contributed by atoms with E-state index in [1.807, 2.05) is 0 Å². The van der Waals surface area contributed by atoms with Gasteiger partial charge in [-0.25, -0.2) is 0 Å². The first-order valence-corrected chi connectivity index (χ1v) is 24.3. The summed E-state index contributed by atoms with van der Waals surface area (Å²) in [6.07, 6.45) is 43.2. The summed E-state index contributed by atoms with van der Waals surface area (Å²) >= 11 is 0. The topological polar surface area (TPSA) is 9.23 Å². The Kier molecular flexibility index (Phi) is 18.5. The van der Waals surface area contributed by atoms with Crippen molar-refractivity contribution >= 4 is 0 Å². The molecule has 4 aliphatic rings. The Bertz CT molecular complexity index is 1270. The quantitative estimate of drug-likeness (QED) is 0.0861. The summed E-state index contributed by atoms with van der Waals surface area (Å²) in [5.74, 6) is 5.08. The Labute approximate surface area is 340 Å². The molecule has 0 amide bonds. The van der Waals surface area contributed by atoms with Crippen molar-refractivity contribution < 1.29 is 4.74 Å². The Morgan fingerprint density at radius 2 is 0.782 bits per heavy atom. The summed E-state index contributed by atoms with van der Waals surface area (Å²) in [7, 11) is 0. The molecule has 2 saturated carbocycles. The van der Waals surface area contributed by atoms with Gasteiger partial charge in [-0.15, -0.1) is 0 Å². The fraction of sp³-hybridized carbons (Fsp3) is 0.704. The van der Waals surface area contributed by atoms with Gasteiger partial charge in [-0.1, -0.05) is 137 Å². The van der Waals surface area contributed by atoms with Gasteiger partial charge in [0.05, 0.1) is 0 Å². The molecule has 2 unspecified atom stereocenters. The van der Waals surface area contributed by atoms with Crippen molar-refractivity contribution in [3.8, 4) is 0 Å². The van der Waals surface area contributed by atoms with Gasteiger partial charge in [-0.3, -0.25) is 0 Å². The third kappa shape index (κ3) is 14.0. The van der Waals surface area contributed by atoms with Crippen LogP contribution in [0.2, 0.25) is 0 Å². The van der Waals surface area contributed by atoms with E-state index in [1.54, 1.807) is 33.4 Å². The summed E-state index contributed by atoms with van der Waals surface area (Å²) in [5, 5.41) is 0. The maximum absolute atomic E-state index is 6.02. The molecule has 55 heavy (non-hydrogen) atoms. The minimum Gasteiger partial charge on any atom is -0.381 e. The molecular formula is C54H82O. The molecule has 2 fully saturated rings. The SMILES string of the molecule is CCCC1CCC(c2ccc(C3CC=C(CCCCCCOCCCCCCC4=CCC(c5ccc(C6CCC(CCC)CC6)cc5)CC4)CC3)cc2)CC1. The van der Waals surface area contributed by atoms with E-state index in [0.29, 0.717) is 0 Å². The minimum atomic E-state index is 0.733. The van der Waals surface area contributed by atoms with Crippen LogP contribution in [-0.2, 0) is 4.74 Å². The van der Waals surface area contributed by atoms with Crippen molar-refractivity contribution in [2.75, 3.05) is 13.2 Å². The van der Waals surface area contributed by atoms with Crippen LogP contribution >= 0.6 is 0 Å². The van der Waals surface area contributed by atoms with Crippen LogP contribution in [0.5, 0.6) is 0 Å². The van der Waals surface area contributed by atoms with Crippen molar-refractivity contribution in [1.29, 1.82) is 0 Å². The average molecular weight is 747 g/mol. The van der Waals surface area contributed by atoms with Crippen LogP contribution in [-0.4, -0.2) is 13.2 Å². The number of hydrogen-bond acceptors (Lipinski definition) is 1. The fourth-order valence-electron chi connectivity index (χ4n) is 11.2. The number of rotatable bonds is 22. The van der Waals surface area contributed by atoms with Gasteiger partial charge in [0, 0.05) is 13.2 Å². The van der Waals surface area contributed by atoms with Gasteiger partial charge >= 0.3 is 0 Å². The van der Waals surface area contributed by atoms with Crippen molar-refractivity contribution in [3.63, 3.8) is 0 Å². The molecule has 304 valence electrons.